The third kappa shape index (κ3) is 1.56. The number of anilines is 1. The van der Waals surface area contributed by atoms with Crippen LogP contribution in [-0.2, 0) is 13.6 Å². The number of aliphatic imine (C=N–C) groups is 1. The van der Waals surface area contributed by atoms with E-state index in [1.165, 1.54) is 21.0 Å². The van der Waals surface area contributed by atoms with E-state index in [0.717, 1.165) is 5.01 Å². The first-order valence-electron chi connectivity index (χ1n) is 6.78. The highest BCUT2D eigenvalue weighted by Gasteiger charge is 2.30. The van der Waals surface area contributed by atoms with Crippen LogP contribution < -0.4 is 16.5 Å². The average molecular weight is 318 g/mol. The molecule has 0 bridgehead atoms. The summed E-state index contributed by atoms with van der Waals surface area (Å²) in [6.07, 6.45) is 1.73. The smallest absolute Gasteiger partial charge is 0.271 e. The zero-order valence-electron chi connectivity index (χ0n) is 12.1. The number of nitrogens with two attached hydrogens (primary N) is 1. The van der Waals surface area contributed by atoms with Gasteiger partial charge in [0.15, 0.2) is 5.82 Å². The summed E-state index contributed by atoms with van der Waals surface area (Å²) in [7, 11) is 1.71. The molecule has 22 heavy (non-hydrogen) atoms. The molecule has 0 spiro atoms. The Bertz CT molecular complexity index is 944. The number of thiazole rings is 1. The summed E-state index contributed by atoms with van der Waals surface area (Å²) in [5.41, 5.74) is 1.29. The lowest BCUT2D eigenvalue weighted by atomic mass is 10.2. The van der Waals surface area contributed by atoms with Gasteiger partial charge < -0.3 is 0 Å². The fourth-order valence-electron chi connectivity index (χ4n) is 2.68. The molecule has 3 aromatic heterocycles. The molecule has 0 amide bonds. The Labute approximate surface area is 128 Å². The van der Waals surface area contributed by atoms with Crippen molar-refractivity contribution in [1.29, 1.82) is 0 Å². The third-order valence-corrected chi connectivity index (χ3v) is 4.48. The molecule has 0 unspecified atom stereocenters. The van der Waals surface area contributed by atoms with E-state index in [2.05, 4.69) is 15.0 Å². The van der Waals surface area contributed by atoms with Gasteiger partial charge in [-0.2, -0.15) is 4.98 Å². The molecule has 3 aromatic rings. The van der Waals surface area contributed by atoms with Crippen LogP contribution >= 0.6 is 11.3 Å². The summed E-state index contributed by atoms with van der Waals surface area (Å²) in [6.45, 7) is 2.75. The van der Waals surface area contributed by atoms with E-state index in [0.29, 0.717) is 36.2 Å². The van der Waals surface area contributed by atoms with Crippen molar-refractivity contribution in [2.24, 2.45) is 17.9 Å². The Balaban J connectivity index is 2.10. The van der Waals surface area contributed by atoms with Crippen LogP contribution in [0.25, 0.3) is 5.78 Å². The lowest BCUT2D eigenvalue weighted by molar-refractivity contribution is 0.644. The quantitative estimate of drug-likeness (QED) is 0.660. The molecule has 0 radical (unpaired) electrons. The topological polar surface area (TPSA) is 98.7 Å². The normalized spacial score (nSPS) is 14.5. The molecule has 0 saturated carbocycles. The molecule has 0 saturated heterocycles. The lowest BCUT2D eigenvalue weighted by Crippen LogP contribution is -2.37. The number of nitrogens with zero attached hydrogens (tertiary/aromatic N) is 7. The van der Waals surface area contributed by atoms with Gasteiger partial charge in [-0.3, -0.25) is 14.6 Å². The monoisotopic (exact) mass is 318 g/mol. The molecule has 4 heterocycles. The van der Waals surface area contributed by atoms with E-state index < -0.39 is 0 Å². The highest BCUT2D eigenvalue weighted by Crippen LogP contribution is 2.27. The van der Waals surface area contributed by atoms with Crippen molar-refractivity contribution in [2.75, 3.05) is 11.7 Å². The van der Waals surface area contributed by atoms with Crippen LogP contribution in [0.3, 0.4) is 0 Å². The number of hydrogen-bond donors (Lipinski definition) is 1. The summed E-state index contributed by atoms with van der Waals surface area (Å²) in [6, 6.07) is 0. The molecule has 0 atom stereocenters. The van der Waals surface area contributed by atoms with Gasteiger partial charge in [0, 0.05) is 25.2 Å². The van der Waals surface area contributed by atoms with Crippen molar-refractivity contribution < 1.29 is 0 Å². The molecule has 0 aromatic carbocycles. The first kappa shape index (κ1) is 13.2. The minimum Gasteiger partial charge on any atom is -0.271 e. The minimum absolute atomic E-state index is 0.125. The SMILES string of the molecule is CCn1c(=O)n(C)n2c3c(nc12)N(N)CN=C3c1nccs1. The Morgan fingerprint density at radius 2 is 2.27 bits per heavy atom. The summed E-state index contributed by atoms with van der Waals surface area (Å²) in [4.78, 5) is 25.7. The van der Waals surface area contributed by atoms with Gasteiger partial charge in [0.1, 0.15) is 23.1 Å². The maximum absolute atomic E-state index is 12.3. The highest BCUT2D eigenvalue weighted by atomic mass is 32.1. The van der Waals surface area contributed by atoms with Gasteiger partial charge in [-0.25, -0.2) is 24.8 Å². The van der Waals surface area contributed by atoms with Crippen LogP contribution in [0, 0.1) is 0 Å². The van der Waals surface area contributed by atoms with Crippen LogP contribution in [0.4, 0.5) is 5.82 Å². The van der Waals surface area contributed by atoms with E-state index in [1.807, 2.05) is 12.3 Å². The van der Waals surface area contributed by atoms with Crippen LogP contribution in [0.2, 0.25) is 0 Å². The summed E-state index contributed by atoms with van der Waals surface area (Å²) >= 11 is 1.49. The van der Waals surface area contributed by atoms with E-state index in [-0.39, 0.29) is 5.69 Å². The maximum Gasteiger partial charge on any atom is 0.345 e. The zero-order chi connectivity index (χ0) is 15.4. The van der Waals surface area contributed by atoms with Gasteiger partial charge in [0.2, 0.25) is 5.78 Å². The van der Waals surface area contributed by atoms with Crippen molar-refractivity contribution in [2.45, 2.75) is 13.5 Å². The number of hydrogen-bond acceptors (Lipinski definition) is 7. The Morgan fingerprint density at radius 1 is 1.45 bits per heavy atom. The van der Waals surface area contributed by atoms with Gasteiger partial charge in [-0.1, -0.05) is 0 Å². The van der Waals surface area contributed by atoms with Crippen LogP contribution in [0.15, 0.2) is 21.4 Å². The number of rotatable bonds is 2. The van der Waals surface area contributed by atoms with Crippen molar-refractivity contribution in [3.8, 4) is 0 Å². The number of hydrazine groups is 1. The van der Waals surface area contributed by atoms with Crippen LogP contribution in [-0.4, -0.2) is 36.1 Å². The van der Waals surface area contributed by atoms with Crippen LogP contribution in [0.1, 0.15) is 17.6 Å². The van der Waals surface area contributed by atoms with Gasteiger partial charge >= 0.3 is 5.69 Å². The highest BCUT2D eigenvalue weighted by molar-refractivity contribution is 7.11. The predicted octanol–water partition coefficient (Wildman–Crippen LogP) is -0.200. The number of aromatic nitrogens is 5. The van der Waals surface area contributed by atoms with Gasteiger partial charge in [0.05, 0.1) is 0 Å². The van der Waals surface area contributed by atoms with E-state index in [4.69, 9.17) is 5.84 Å². The van der Waals surface area contributed by atoms with E-state index in [9.17, 15) is 4.79 Å². The van der Waals surface area contributed by atoms with Crippen molar-refractivity contribution in [3.63, 3.8) is 0 Å². The first-order chi connectivity index (χ1) is 10.6. The summed E-state index contributed by atoms with van der Waals surface area (Å²) in [5, 5.41) is 4.15. The second kappa shape index (κ2) is 4.52. The van der Waals surface area contributed by atoms with E-state index in [1.54, 1.807) is 22.3 Å². The first-order valence-corrected chi connectivity index (χ1v) is 7.66. The minimum atomic E-state index is -0.125. The third-order valence-electron chi connectivity index (χ3n) is 3.70. The summed E-state index contributed by atoms with van der Waals surface area (Å²) < 4.78 is 4.87. The fourth-order valence-corrected chi connectivity index (χ4v) is 3.32. The standard InChI is InChI=1S/C12H14N8OS/c1-3-18-11-16-9-8(20(11)17(2)12(18)21)7(15-6-19(9)13)10-14-4-5-22-10/h4-5H,3,6,13H2,1-2H3. The molecule has 1 aliphatic rings. The fraction of sp³-hybridized carbons (Fsp3) is 0.333. The molecule has 114 valence electrons. The molecular formula is C12H14N8OS. The molecule has 4 rings (SSSR count). The Hall–Kier alpha value is -2.46. The number of fused-ring (bicyclic) bond motifs is 3. The molecular weight excluding hydrogens is 304 g/mol. The molecule has 0 fully saturated rings. The maximum atomic E-state index is 12.3. The molecule has 10 heteroatoms. The largest absolute Gasteiger partial charge is 0.345 e. The molecule has 9 nitrogen and oxygen atoms in total. The lowest BCUT2D eigenvalue weighted by Gasteiger charge is -2.20. The Kier molecular flexibility index (Phi) is 2.71. The second-order valence-electron chi connectivity index (χ2n) is 4.90. The van der Waals surface area contributed by atoms with Gasteiger partial charge in [-0.15, -0.1) is 11.3 Å². The molecule has 0 aliphatic carbocycles. The predicted molar refractivity (Wildman–Crippen MR) is 83.4 cm³/mol. The van der Waals surface area contributed by atoms with Crippen molar-refractivity contribution in [1.82, 2.24) is 23.7 Å². The zero-order valence-corrected chi connectivity index (χ0v) is 12.9. The molecule has 1 aliphatic heterocycles. The van der Waals surface area contributed by atoms with E-state index >= 15 is 0 Å². The summed E-state index contributed by atoms with van der Waals surface area (Å²) in [5.74, 6) is 7.16. The van der Waals surface area contributed by atoms with Crippen LogP contribution in [0.5, 0.6) is 0 Å². The average Bonchev–Trinajstić information content (AvgIpc) is 3.19. The molecule has 2 N–H and O–H groups in total. The van der Waals surface area contributed by atoms with Gasteiger partial charge in [0.25, 0.3) is 0 Å². The van der Waals surface area contributed by atoms with Gasteiger partial charge in [-0.05, 0) is 6.92 Å². The van der Waals surface area contributed by atoms with Crippen molar-refractivity contribution >= 4 is 28.6 Å². The second-order valence-corrected chi connectivity index (χ2v) is 5.80. The Morgan fingerprint density at radius 3 is 2.95 bits per heavy atom. The number of imidazole rings is 1. The van der Waals surface area contributed by atoms with Crippen molar-refractivity contribution in [3.05, 3.63) is 32.8 Å². The number of aryl methyl sites for hydroxylation is 2.